The first-order valence-corrected chi connectivity index (χ1v) is 5.54. The second-order valence-corrected chi connectivity index (χ2v) is 3.43. The molecular weight excluding hydrogens is 235 g/mol. The predicted molar refractivity (Wildman–Crippen MR) is 65.9 cm³/mol. The highest BCUT2D eigenvalue weighted by Gasteiger charge is 2.12. The monoisotopic (exact) mass is 248 g/mol. The fraction of sp³-hybridized carbons (Fsp3) is 0.250. The van der Waals surface area contributed by atoms with Crippen LogP contribution in [0.4, 0.5) is 10.2 Å². The zero-order chi connectivity index (χ0) is 13.0. The predicted octanol–water partition coefficient (Wildman–Crippen LogP) is 2.12. The number of ether oxygens (including phenoxy) is 1. The number of nitrogens with one attached hydrogen (secondary N) is 1. The summed E-state index contributed by atoms with van der Waals surface area (Å²) in [4.78, 5) is 12.1. The van der Waals surface area contributed by atoms with Crippen molar-refractivity contribution in [3.05, 3.63) is 30.3 Å². The van der Waals surface area contributed by atoms with Gasteiger partial charge in [-0.1, -0.05) is 0 Å². The van der Waals surface area contributed by atoms with E-state index in [1.54, 1.807) is 25.4 Å². The van der Waals surface area contributed by atoms with E-state index in [1.165, 1.54) is 0 Å². The summed E-state index contributed by atoms with van der Waals surface area (Å²) in [6, 6.07) is 3.54. The summed E-state index contributed by atoms with van der Waals surface area (Å²) in [5.41, 5.74) is 0.635. The van der Waals surface area contributed by atoms with Gasteiger partial charge in [0.2, 0.25) is 5.88 Å². The van der Waals surface area contributed by atoms with E-state index in [-0.39, 0.29) is 5.82 Å². The van der Waals surface area contributed by atoms with Crippen LogP contribution in [0, 0.1) is 5.82 Å². The van der Waals surface area contributed by atoms with Crippen molar-refractivity contribution >= 4 is 5.82 Å². The van der Waals surface area contributed by atoms with Crippen LogP contribution in [-0.4, -0.2) is 28.6 Å². The lowest BCUT2D eigenvalue weighted by Crippen LogP contribution is -2.02. The zero-order valence-electron chi connectivity index (χ0n) is 10.1. The first-order chi connectivity index (χ1) is 8.76. The lowest BCUT2D eigenvalue weighted by molar-refractivity contribution is 0.328. The number of pyridine rings is 1. The van der Waals surface area contributed by atoms with E-state index in [0.29, 0.717) is 23.9 Å². The standard InChI is InChI=1S/C12H13FN4O/c1-3-18-12-8(5-4-6-15-12)10-16-7-9(13)11(14-2)17-10/h4-7H,3H2,1-2H3,(H,14,16,17). The van der Waals surface area contributed by atoms with Crippen molar-refractivity contribution in [2.45, 2.75) is 6.92 Å². The Balaban J connectivity index is 2.48. The highest BCUT2D eigenvalue weighted by molar-refractivity contribution is 5.62. The third-order valence-electron chi connectivity index (χ3n) is 2.27. The van der Waals surface area contributed by atoms with Gasteiger partial charge in [-0.2, -0.15) is 0 Å². The smallest absolute Gasteiger partial charge is 0.224 e. The molecule has 0 amide bonds. The van der Waals surface area contributed by atoms with E-state index in [9.17, 15) is 4.39 Å². The molecular formula is C12H13FN4O. The van der Waals surface area contributed by atoms with Crippen LogP contribution >= 0.6 is 0 Å². The molecule has 5 nitrogen and oxygen atoms in total. The lowest BCUT2D eigenvalue weighted by Gasteiger charge is -2.08. The van der Waals surface area contributed by atoms with Crippen molar-refractivity contribution in [3.8, 4) is 17.3 Å². The van der Waals surface area contributed by atoms with Crippen molar-refractivity contribution in [3.63, 3.8) is 0 Å². The van der Waals surface area contributed by atoms with Gasteiger partial charge in [0.05, 0.1) is 18.4 Å². The van der Waals surface area contributed by atoms with E-state index in [4.69, 9.17) is 4.74 Å². The minimum atomic E-state index is -0.497. The molecule has 0 atom stereocenters. The van der Waals surface area contributed by atoms with Gasteiger partial charge in [0, 0.05) is 13.2 Å². The molecule has 0 fully saturated rings. The van der Waals surface area contributed by atoms with Gasteiger partial charge in [0.1, 0.15) is 0 Å². The summed E-state index contributed by atoms with van der Waals surface area (Å²) in [6.07, 6.45) is 2.74. The molecule has 0 saturated carbocycles. The molecule has 0 radical (unpaired) electrons. The van der Waals surface area contributed by atoms with Crippen molar-refractivity contribution in [1.82, 2.24) is 15.0 Å². The summed E-state index contributed by atoms with van der Waals surface area (Å²) in [5, 5.41) is 2.67. The molecule has 6 heteroatoms. The molecule has 0 aliphatic carbocycles. The minimum absolute atomic E-state index is 0.145. The lowest BCUT2D eigenvalue weighted by atomic mass is 10.2. The van der Waals surface area contributed by atoms with Crippen molar-refractivity contribution in [1.29, 1.82) is 0 Å². The van der Waals surface area contributed by atoms with Crippen molar-refractivity contribution in [2.24, 2.45) is 0 Å². The van der Waals surface area contributed by atoms with Gasteiger partial charge in [-0.3, -0.25) is 0 Å². The van der Waals surface area contributed by atoms with E-state index < -0.39 is 5.82 Å². The summed E-state index contributed by atoms with van der Waals surface area (Å²) >= 11 is 0. The molecule has 0 aliphatic heterocycles. The number of rotatable bonds is 4. The van der Waals surface area contributed by atoms with Crippen molar-refractivity contribution in [2.75, 3.05) is 19.0 Å². The maximum absolute atomic E-state index is 13.3. The number of halogens is 1. The van der Waals surface area contributed by atoms with Crippen LogP contribution in [0.5, 0.6) is 5.88 Å². The molecule has 0 aliphatic rings. The summed E-state index contributed by atoms with van der Waals surface area (Å²) in [6.45, 7) is 2.35. The molecule has 18 heavy (non-hydrogen) atoms. The summed E-state index contributed by atoms with van der Waals surface area (Å²) < 4.78 is 18.7. The number of aromatic nitrogens is 3. The molecule has 94 valence electrons. The number of hydrogen-bond acceptors (Lipinski definition) is 5. The molecule has 0 unspecified atom stereocenters. The van der Waals surface area contributed by atoms with Gasteiger partial charge < -0.3 is 10.1 Å². The van der Waals surface area contributed by atoms with E-state index in [2.05, 4.69) is 20.3 Å². The quantitative estimate of drug-likeness (QED) is 0.898. The average molecular weight is 248 g/mol. The van der Waals surface area contributed by atoms with Crippen LogP contribution in [0.1, 0.15) is 6.92 Å². The first kappa shape index (κ1) is 12.2. The normalized spacial score (nSPS) is 10.2. The fourth-order valence-electron chi connectivity index (χ4n) is 1.48. The second kappa shape index (κ2) is 5.39. The Morgan fingerprint density at radius 1 is 1.39 bits per heavy atom. The molecule has 2 aromatic heterocycles. The van der Waals surface area contributed by atoms with Crippen molar-refractivity contribution < 1.29 is 9.13 Å². The molecule has 2 rings (SSSR count). The summed E-state index contributed by atoms with van der Waals surface area (Å²) in [7, 11) is 1.60. The Hall–Kier alpha value is -2.24. The average Bonchev–Trinajstić information content (AvgIpc) is 2.40. The van der Waals surface area contributed by atoms with Gasteiger partial charge in [0.15, 0.2) is 17.5 Å². The summed E-state index contributed by atoms with van der Waals surface area (Å²) in [5.74, 6) is 0.459. The Kier molecular flexibility index (Phi) is 3.66. The number of hydrogen-bond donors (Lipinski definition) is 1. The highest BCUT2D eigenvalue weighted by Crippen LogP contribution is 2.25. The Labute approximate surface area is 104 Å². The van der Waals surface area contributed by atoms with Gasteiger partial charge in [0.25, 0.3) is 0 Å². The third kappa shape index (κ3) is 2.37. The molecule has 1 N–H and O–H groups in total. The molecule has 0 aromatic carbocycles. The van der Waals surface area contributed by atoms with E-state index in [0.717, 1.165) is 6.20 Å². The molecule has 0 bridgehead atoms. The minimum Gasteiger partial charge on any atom is -0.477 e. The van der Waals surface area contributed by atoms with Gasteiger partial charge in [-0.25, -0.2) is 19.3 Å². The fourth-order valence-corrected chi connectivity index (χ4v) is 1.48. The van der Waals surface area contributed by atoms with Crippen LogP contribution in [-0.2, 0) is 0 Å². The largest absolute Gasteiger partial charge is 0.477 e. The second-order valence-electron chi connectivity index (χ2n) is 3.43. The molecule has 0 saturated heterocycles. The first-order valence-electron chi connectivity index (χ1n) is 5.54. The van der Waals surface area contributed by atoms with Crippen LogP contribution in [0.15, 0.2) is 24.5 Å². The van der Waals surface area contributed by atoms with Crippen LogP contribution in [0.25, 0.3) is 11.4 Å². The van der Waals surface area contributed by atoms with E-state index in [1.807, 2.05) is 6.92 Å². The SMILES string of the molecule is CCOc1ncccc1-c1ncc(F)c(NC)n1. The Bertz CT molecular complexity index is 547. The maximum Gasteiger partial charge on any atom is 0.224 e. The molecule has 2 heterocycles. The topological polar surface area (TPSA) is 59.9 Å². The number of anilines is 1. The molecule has 0 spiro atoms. The third-order valence-corrected chi connectivity index (χ3v) is 2.27. The van der Waals surface area contributed by atoms with Gasteiger partial charge >= 0.3 is 0 Å². The van der Waals surface area contributed by atoms with Crippen LogP contribution in [0.2, 0.25) is 0 Å². The number of nitrogens with zero attached hydrogens (tertiary/aromatic N) is 3. The Morgan fingerprint density at radius 3 is 2.94 bits per heavy atom. The molecule has 2 aromatic rings. The highest BCUT2D eigenvalue weighted by atomic mass is 19.1. The van der Waals surface area contributed by atoms with Crippen LogP contribution < -0.4 is 10.1 Å². The van der Waals surface area contributed by atoms with Gasteiger partial charge in [-0.05, 0) is 19.1 Å². The maximum atomic E-state index is 13.3. The Morgan fingerprint density at radius 2 is 2.22 bits per heavy atom. The van der Waals surface area contributed by atoms with Gasteiger partial charge in [-0.15, -0.1) is 0 Å². The zero-order valence-corrected chi connectivity index (χ0v) is 10.1. The van der Waals surface area contributed by atoms with Crippen LogP contribution in [0.3, 0.4) is 0 Å². The van der Waals surface area contributed by atoms with E-state index >= 15 is 0 Å².